The summed E-state index contributed by atoms with van der Waals surface area (Å²) in [7, 11) is 0. The molecule has 3 N–H and O–H groups in total. The number of nitrogens with one attached hydrogen (secondary N) is 3. The quantitative estimate of drug-likeness (QED) is 0.404. The number of benzene rings is 2. The van der Waals surface area contributed by atoms with Crippen LogP contribution in [0.25, 0.3) is 22.3 Å². The number of carbonyl (C=O) groups is 1. The van der Waals surface area contributed by atoms with E-state index >= 15 is 0 Å². The van der Waals surface area contributed by atoms with Crippen LogP contribution in [0.2, 0.25) is 0 Å². The average molecular weight is 396 g/mol. The van der Waals surface area contributed by atoms with Gasteiger partial charge in [0.2, 0.25) is 0 Å². The first-order chi connectivity index (χ1) is 13.9. The lowest BCUT2D eigenvalue weighted by atomic mass is 10.1. The van der Waals surface area contributed by atoms with E-state index in [1.54, 1.807) is 6.20 Å². The van der Waals surface area contributed by atoms with Crippen LogP contribution in [0.15, 0.2) is 72.9 Å². The summed E-state index contributed by atoms with van der Waals surface area (Å²) in [5.74, 6) is 0. The number of carbonyl (C=O) groups excluding carboxylic acids is 1. The standard InChI is InChI=1S/C21H15F3N4O/c22-21(23,24)14-6-8-15(9-7-14)26-20(29)28-18-12-25-17-11-10-16(27-19(17)18)13-4-2-1-3-5-13/h1-12,25H,(H2,26,28,29). The van der Waals surface area contributed by atoms with Crippen molar-refractivity contribution in [1.82, 2.24) is 9.97 Å². The van der Waals surface area contributed by atoms with Crippen LogP contribution in [0, 0.1) is 0 Å². The number of hydrogen-bond acceptors (Lipinski definition) is 2. The van der Waals surface area contributed by atoms with Gasteiger partial charge in [-0.1, -0.05) is 30.3 Å². The monoisotopic (exact) mass is 396 g/mol. The van der Waals surface area contributed by atoms with Crippen LogP contribution in [0.3, 0.4) is 0 Å². The Morgan fingerprint density at radius 3 is 2.31 bits per heavy atom. The van der Waals surface area contributed by atoms with Gasteiger partial charge in [0, 0.05) is 17.4 Å². The first kappa shape index (κ1) is 18.5. The van der Waals surface area contributed by atoms with Crippen molar-refractivity contribution in [2.45, 2.75) is 6.18 Å². The van der Waals surface area contributed by atoms with Crippen LogP contribution in [-0.4, -0.2) is 16.0 Å². The maximum atomic E-state index is 12.6. The first-order valence-corrected chi connectivity index (χ1v) is 8.69. The lowest BCUT2D eigenvalue weighted by Gasteiger charge is -2.09. The fourth-order valence-corrected chi connectivity index (χ4v) is 2.89. The highest BCUT2D eigenvalue weighted by atomic mass is 19.4. The van der Waals surface area contributed by atoms with Gasteiger partial charge in [-0.15, -0.1) is 0 Å². The minimum Gasteiger partial charge on any atom is -0.358 e. The van der Waals surface area contributed by atoms with Gasteiger partial charge in [-0.3, -0.25) is 0 Å². The SMILES string of the molecule is O=C(Nc1ccc(C(F)(F)F)cc1)Nc1c[nH]c2ccc(-c3ccccc3)nc12. The molecule has 0 unspecified atom stereocenters. The predicted molar refractivity (Wildman–Crippen MR) is 106 cm³/mol. The van der Waals surface area contributed by atoms with Gasteiger partial charge in [0.15, 0.2) is 0 Å². The summed E-state index contributed by atoms with van der Waals surface area (Å²) in [4.78, 5) is 19.9. The molecule has 2 heterocycles. The molecule has 0 fully saturated rings. The van der Waals surface area contributed by atoms with Crippen LogP contribution in [0.1, 0.15) is 5.56 Å². The van der Waals surface area contributed by atoms with Gasteiger partial charge in [-0.25, -0.2) is 9.78 Å². The highest BCUT2D eigenvalue weighted by molar-refractivity contribution is 6.05. The molecule has 0 radical (unpaired) electrons. The second-order valence-electron chi connectivity index (χ2n) is 6.32. The number of alkyl halides is 3. The third-order valence-electron chi connectivity index (χ3n) is 4.31. The normalized spacial score (nSPS) is 11.4. The van der Waals surface area contributed by atoms with Crippen molar-refractivity contribution < 1.29 is 18.0 Å². The number of halogens is 3. The van der Waals surface area contributed by atoms with Crippen molar-refractivity contribution >= 4 is 28.4 Å². The third kappa shape index (κ3) is 4.06. The van der Waals surface area contributed by atoms with E-state index in [0.717, 1.165) is 28.9 Å². The first-order valence-electron chi connectivity index (χ1n) is 8.69. The van der Waals surface area contributed by atoms with Crippen LogP contribution in [0.4, 0.5) is 29.3 Å². The second kappa shape index (κ2) is 7.31. The van der Waals surface area contributed by atoms with Gasteiger partial charge >= 0.3 is 12.2 Å². The Balaban J connectivity index is 1.52. The number of urea groups is 1. The Morgan fingerprint density at radius 1 is 0.897 bits per heavy atom. The maximum absolute atomic E-state index is 12.6. The van der Waals surface area contributed by atoms with Crippen molar-refractivity contribution in [3.63, 3.8) is 0 Å². The molecule has 0 aliphatic carbocycles. The minimum absolute atomic E-state index is 0.244. The Kier molecular flexibility index (Phi) is 4.67. The van der Waals surface area contributed by atoms with Crippen LogP contribution in [0.5, 0.6) is 0 Å². The molecule has 0 aliphatic heterocycles. The molecule has 2 amide bonds. The molecule has 4 aromatic rings. The van der Waals surface area contributed by atoms with Gasteiger partial charge in [0.25, 0.3) is 0 Å². The number of aromatic amines is 1. The molecule has 0 atom stereocenters. The van der Waals surface area contributed by atoms with Crippen LogP contribution in [-0.2, 0) is 6.18 Å². The average Bonchev–Trinajstić information content (AvgIpc) is 3.10. The Bertz CT molecular complexity index is 1150. The molecule has 146 valence electrons. The second-order valence-corrected chi connectivity index (χ2v) is 6.32. The highest BCUT2D eigenvalue weighted by Gasteiger charge is 2.30. The summed E-state index contributed by atoms with van der Waals surface area (Å²) in [5, 5.41) is 5.18. The molecule has 0 saturated heterocycles. The molecule has 5 nitrogen and oxygen atoms in total. The van der Waals surface area contributed by atoms with Crippen molar-refractivity contribution in [3.05, 3.63) is 78.5 Å². The van der Waals surface area contributed by atoms with Crippen molar-refractivity contribution in [2.75, 3.05) is 10.6 Å². The summed E-state index contributed by atoms with van der Waals surface area (Å²) < 4.78 is 37.9. The number of pyridine rings is 1. The minimum atomic E-state index is -4.42. The molecule has 8 heteroatoms. The number of nitrogens with zero attached hydrogens (tertiary/aromatic N) is 1. The largest absolute Gasteiger partial charge is 0.416 e. The number of rotatable bonds is 3. The summed E-state index contributed by atoms with van der Waals surface area (Å²) in [6.45, 7) is 0. The van der Waals surface area contributed by atoms with E-state index in [2.05, 4.69) is 20.6 Å². The zero-order valence-corrected chi connectivity index (χ0v) is 14.9. The zero-order valence-electron chi connectivity index (χ0n) is 14.9. The summed E-state index contributed by atoms with van der Waals surface area (Å²) >= 11 is 0. The van der Waals surface area contributed by atoms with Gasteiger partial charge in [-0.05, 0) is 36.4 Å². The van der Waals surface area contributed by atoms with Gasteiger partial charge in [0.1, 0.15) is 5.52 Å². The van der Waals surface area contributed by atoms with E-state index in [-0.39, 0.29) is 5.69 Å². The molecule has 0 spiro atoms. The number of anilines is 2. The highest BCUT2D eigenvalue weighted by Crippen LogP contribution is 2.30. The molecule has 0 saturated carbocycles. The van der Waals surface area contributed by atoms with Crippen molar-refractivity contribution in [2.24, 2.45) is 0 Å². The lowest BCUT2D eigenvalue weighted by Crippen LogP contribution is -2.19. The summed E-state index contributed by atoms with van der Waals surface area (Å²) in [6, 6.07) is 17.0. The number of fused-ring (bicyclic) bond motifs is 1. The predicted octanol–water partition coefficient (Wildman–Crippen LogP) is 5.89. The Hall–Kier alpha value is -3.81. The maximum Gasteiger partial charge on any atom is 0.416 e. The third-order valence-corrected chi connectivity index (χ3v) is 4.31. The Morgan fingerprint density at radius 2 is 1.62 bits per heavy atom. The van der Waals surface area contributed by atoms with E-state index < -0.39 is 17.8 Å². The number of aromatic nitrogens is 2. The smallest absolute Gasteiger partial charge is 0.358 e. The molecular formula is C21H15F3N4O. The van der Waals surface area contributed by atoms with Crippen molar-refractivity contribution in [3.8, 4) is 11.3 Å². The van der Waals surface area contributed by atoms with Crippen LogP contribution >= 0.6 is 0 Å². The summed E-state index contributed by atoms with van der Waals surface area (Å²) in [6.07, 6.45) is -2.81. The number of H-pyrrole nitrogens is 1. The molecular weight excluding hydrogens is 381 g/mol. The Labute approximate surface area is 163 Å². The van der Waals surface area contributed by atoms with Gasteiger partial charge < -0.3 is 15.6 Å². The van der Waals surface area contributed by atoms with Gasteiger partial charge in [-0.2, -0.15) is 13.2 Å². The topological polar surface area (TPSA) is 69.8 Å². The van der Waals surface area contributed by atoms with E-state index in [1.807, 2.05) is 42.5 Å². The number of amides is 2. The molecule has 0 aliphatic rings. The van der Waals surface area contributed by atoms with E-state index in [4.69, 9.17) is 0 Å². The molecule has 4 rings (SSSR count). The molecule has 29 heavy (non-hydrogen) atoms. The molecule has 0 bridgehead atoms. The number of hydrogen-bond donors (Lipinski definition) is 3. The fourth-order valence-electron chi connectivity index (χ4n) is 2.89. The van der Waals surface area contributed by atoms with Crippen molar-refractivity contribution in [1.29, 1.82) is 0 Å². The van der Waals surface area contributed by atoms with E-state index in [9.17, 15) is 18.0 Å². The van der Waals surface area contributed by atoms with E-state index in [1.165, 1.54) is 12.1 Å². The molecule has 2 aromatic carbocycles. The van der Waals surface area contributed by atoms with Gasteiger partial charge in [0.05, 0.1) is 22.5 Å². The molecule has 2 aromatic heterocycles. The zero-order chi connectivity index (χ0) is 20.4. The van der Waals surface area contributed by atoms with E-state index in [0.29, 0.717) is 11.2 Å². The van der Waals surface area contributed by atoms with Crippen LogP contribution < -0.4 is 10.6 Å². The fraction of sp³-hybridized carbons (Fsp3) is 0.0476. The lowest BCUT2D eigenvalue weighted by molar-refractivity contribution is -0.137. The summed E-state index contributed by atoms with van der Waals surface area (Å²) in [5.41, 5.74) is 2.94.